The third-order valence-corrected chi connectivity index (χ3v) is 5.00. The molecule has 9 heteroatoms. The van der Waals surface area contributed by atoms with Gasteiger partial charge in [-0.2, -0.15) is 0 Å². The molecule has 1 aromatic heterocycles. The molecule has 2 amide bonds. The molecule has 3 rings (SSSR count). The monoisotopic (exact) mass is 440 g/mol. The fourth-order valence-corrected chi connectivity index (χ4v) is 3.35. The largest absolute Gasteiger partial charge is 0.450 e. The summed E-state index contributed by atoms with van der Waals surface area (Å²) in [5.74, 6) is -0.747. The van der Waals surface area contributed by atoms with Crippen molar-refractivity contribution in [2.75, 3.05) is 39.1 Å². The third-order valence-electron chi connectivity index (χ3n) is 5.00. The summed E-state index contributed by atoms with van der Waals surface area (Å²) < 4.78 is 11.8. The van der Waals surface area contributed by atoms with E-state index >= 15 is 0 Å². The van der Waals surface area contributed by atoms with Crippen molar-refractivity contribution < 1.29 is 18.7 Å². The van der Waals surface area contributed by atoms with Crippen LogP contribution in [-0.4, -0.2) is 55.3 Å². The van der Waals surface area contributed by atoms with E-state index in [-0.39, 0.29) is 12.5 Å². The molecule has 0 radical (unpaired) electrons. The molecule has 0 aliphatic rings. The Balaban J connectivity index is 1.89. The Morgan fingerprint density at radius 2 is 1.97 bits per heavy atom. The van der Waals surface area contributed by atoms with Crippen molar-refractivity contribution in [2.24, 2.45) is 0 Å². The zero-order valence-electron chi connectivity index (χ0n) is 18.7. The van der Waals surface area contributed by atoms with Crippen molar-refractivity contribution in [3.05, 3.63) is 64.1 Å². The lowest BCUT2D eigenvalue weighted by atomic mass is 10.1. The van der Waals surface area contributed by atoms with Gasteiger partial charge < -0.3 is 19.4 Å². The maximum atomic E-state index is 12.6. The van der Waals surface area contributed by atoms with Crippen molar-refractivity contribution in [3.8, 4) is 0 Å². The highest BCUT2D eigenvalue weighted by atomic mass is 16.5. The second-order valence-electron chi connectivity index (χ2n) is 7.63. The van der Waals surface area contributed by atoms with Crippen molar-refractivity contribution in [1.29, 1.82) is 0 Å². The summed E-state index contributed by atoms with van der Waals surface area (Å²) in [6.07, 6.45) is -0.548. The minimum Gasteiger partial charge on any atom is -0.450 e. The Morgan fingerprint density at radius 3 is 2.69 bits per heavy atom. The molecule has 0 aliphatic heterocycles. The first-order chi connectivity index (χ1) is 15.3. The number of benzene rings is 2. The molecule has 0 bridgehead atoms. The highest BCUT2D eigenvalue weighted by Crippen LogP contribution is 2.25. The molecule has 0 spiro atoms. The predicted molar refractivity (Wildman–Crippen MR) is 122 cm³/mol. The minimum atomic E-state index is -0.548. The molecule has 2 N–H and O–H groups in total. The van der Waals surface area contributed by atoms with Crippen LogP contribution in [0.1, 0.15) is 35.8 Å². The number of rotatable bonds is 8. The van der Waals surface area contributed by atoms with Gasteiger partial charge >= 0.3 is 11.8 Å². The van der Waals surface area contributed by atoms with Crippen LogP contribution < -0.4 is 16.4 Å². The van der Waals surface area contributed by atoms with Crippen LogP contribution in [0.15, 0.2) is 51.7 Å². The number of oxazole rings is 1. The summed E-state index contributed by atoms with van der Waals surface area (Å²) in [6.45, 7) is 5.08. The van der Waals surface area contributed by atoms with Crippen LogP contribution in [-0.2, 0) is 4.74 Å². The number of anilines is 1. The minimum absolute atomic E-state index is 0.220. The lowest BCUT2D eigenvalue weighted by Gasteiger charge is -2.15. The SMILES string of the molecule is CCOC(=O)Nc1cccc(C(C)n2c(=O)oc3ccc(C(=O)NCCN(C)C)cc32)c1. The molecule has 0 saturated carbocycles. The number of carbonyl (C=O) groups excluding carboxylic acids is 2. The van der Waals surface area contributed by atoms with Crippen molar-refractivity contribution >= 4 is 28.8 Å². The van der Waals surface area contributed by atoms with Crippen molar-refractivity contribution in [2.45, 2.75) is 19.9 Å². The van der Waals surface area contributed by atoms with E-state index in [2.05, 4.69) is 10.6 Å². The van der Waals surface area contributed by atoms with Crippen LogP contribution in [0.3, 0.4) is 0 Å². The van der Waals surface area contributed by atoms with Gasteiger partial charge in [0.2, 0.25) is 0 Å². The molecule has 3 aromatic rings. The van der Waals surface area contributed by atoms with Gasteiger partial charge in [0.25, 0.3) is 5.91 Å². The Hall–Kier alpha value is -3.59. The van der Waals surface area contributed by atoms with Gasteiger partial charge in [0.1, 0.15) is 0 Å². The molecule has 1 heterocycles. The number of amides is 2. The molecule has 170 valence electrons. The van der Waals surface area contributed by atoms with Crippen LogP contribution in [0.5, 0.6) is 0 Å². The second kappa shape index (κ2) is 10.1. The van der Waals surface area contributed by atoms with E-state index in [1.165, 1.54) is 4.57 Å². The van der Waals surface area contributed by atoms with E-state index in [0.29, 0.717) is 28.9 Å². The Bertz CT molecular complexity index is 1160. The summed E-state index contributed by atoms with van der Waals surface area (Å²) in [4.78, 5) is 38.9. The predicted octanol–water partition coefficient (Wildman–Crippen LogP) is 3.06. The highest BCUT2D eigenvalue weighted by molar-refractivity contribution is 5.97. The Morgan fingerprint density at radius 1 is 1.19 bits per heavy atom. The van der Waals surface area contributed by atoms with Crippen LogP contribution in [0.4, 0.5) is 10.5 Å². The fourth-order valence-electron chi connectivity index (χ4n) is 3.35. The smallest absolute Gasteiger partial charge is 0.420 e. The van der Waals surface area contributed by atoms with Gasteiger partial charge in [0.05, 0.1) is 18.2 Å². The molecule has 32 heavy (non-hydrogen) atoms. The fraction of sp³-hybridized carbons (Fsp3) is 0.348. The molecule has 9 nitrogen and oxygen atoms in total. The number of fused-ring (bicyclic) bond motifs is 1. The lowest BCUT2D eigenvalue weighted by Crippen LogP contribution is -2.31. The molecule has 0 aliphatic carbocycles. The average Bonchev–Trinajstić information content (AvgIpc) is 3.08. The second-order valence-corrected chi connectivity index (χ2v) is 7.63. The van der Waals surface area contributed by atoms with E-state index in [1.54, 1.807) is 43.3 Å². The van der Waals surface area contributed by atoms with E-state index in [1.807, 2.05) is 32.0 Å². The topological polar surface area (TPSA) is 106 Å². The number of hydrogen-bond donors (Lipinski definition) is 2. The molecule has 0 fully saturated rings. The summed E-state index contributed by atoms with van der Waals surface area (Å²) in [5, 5.41) is 5.53. The first kappa shape index (κ1) is 23.1. The standard InChI is InChI=1S/C23H28N4O5/c1-5-31-22(29)25-18-8-6-7-16(13-18)15(2)27-19-14-17(9-10-20(19)32-23(27)30)21(28)24-11-12-26(3)4/h6-10,13-15H,5,11-12H2,1-4H3,(H,24,28)(H,25,29). The maximum Gasteiger partial charge on any atom is 0.420 e. The van der Waals surface area contributed by atoms with Crippen LogP contribution in [0, 0.1) is 0 Å². The average molecular weight is 441 g/mol. The quantitative estimate of drug-likeness (QED) is 0.558. The van der Waals surface area contributed by atoms with Crippen LogP contribution in [0.2, 0.25) is 0 Å². The van der Waals surface area contributed by atoms with E-state index in [0.717, 1.165) is 12.1 Å². The summed E-state index contributed by atoms with van der Waals surface area (Å²) >= 11 is 0. The number of carbonyl (C=O) groups is 2. The molecule has 2 aromatic carbocycles. The van der Waals surface area contributed by atoms with Crippen LogP contribution in [0.25, 0.3) is 11.1 Å². The van der Waals surface area contributed by atoms with Gasteiger partial charge in [-0.05, 0) is 63.8 Å². The van der Waals surface area contributed by atoms with E-state index in [9.17, 15) is 14.4 Å². The van der Waals surface area contributed by atoms with Gasteiger partial charge in [-0.25, -0.2) is 9.59 Å². The molecular weight excluding hydrogens is 412 g/mol. The van der Waals surface area contributed by atoms with Crippen molar-refractivity contribution in [1.82, 2.24) is 14.8 Å². The lowest BCUT2D eigenvalue weighted by molar-refractivity contribution is 0.0951. The van der Waals surface area contributed by atoms with E-state index in [4.69, 9.17) is 9.15 Å². The summed E-state index contributed by atoms with van der Waals surface area (Å²) in [6, 6.07) is 11.6. The highest BCUT2D eigenvalue weighted by Gasteiger charge is 2.19. The van der Waals surface area contributed by atoms with Crippen LogP contribution >= 0.6 is 0 Å². The molecular formula is C23H28N4O5. The third kappa shape index (κ3) is 5.36. The number of hydrogen-bond acceptors (Lipinski definition) is 6. The van der Waals surface area contributed by atoms with Gasteiger partial charge in [-0.1, -0.05) is 12.1 Å². The Labute approximate surface area is 186 Å². The normalized spacial score (nSPS) is 12.0. The van der Waals surface area contributed by atoms with Gasteiger partial charge in [0.15, 0.2) is 5.58 Å². The zero-order chi connectivity index (χ0) is 23.3. The van der Waals surface area contributed by atoms with Gasteiger partial charge in [-0.3, -0.25) is 14.7 Å². The summed E-state index contributed by atoms with van der Waals surface area (Å²) in [7, 11) is 3.86. The number of nitrogens with zero attached hydrogens (tertiary/aromatic N) is 2. The van der Waals surface area contributed by atoms with Crippen molar-refractivity contribution in [3.63, 3.8) is 0 Å². The molecule has 1 unspecified atom stereocenters. The number of likely N-dealkylation sites (N-methyl/N-ethyl adjacent to an activating group) is 1. The molecule has 1 atom stereocenters. The number of ether oxygens (including phenoxy) is 1. The maximum absolute atomic E-state index is 12.6. The number of aromatic nitrogens is 1. The van der Waals surface area contributed by atoms with Gasteiger partial charge in [-0.15, -0.1) is 0 Å². The molecule has 0 saturated heterocycles. The summed E-state index contributed by atoms with van der Waals surface area (Å²) in [5.41, 5.74) is 2.69. The van der Waals surface area contributed by atoms with Gasteiger partial charge in [0, 0.05) is 24.3 Å². The zero-order valence-corrected chi connectivity index (χ0v) is 18.7. The first-order valence-electron chi connectivity index (χ1n) is 10.4. The Kier molecular flexibility index (Phi) is 7.32. The van der Waals surface area contributed by atoms with E-state index < -0.39 is 17.9 Å². The number of nitrogens with one attached hydrogen (secondary N) is 2. The first-order valence-corrected chi connectivity index (χ1v) is 10.4.